The molecule has 3 nitrogen and oxygen atoms in total. The Bertz CT molecular complexity index is 144. The molecule has 0 aromatic rings. The summed E-state index contributed by atoms with van der Waals surface area (Å²) in [6.45, 7) is 5.99. The fourth-order valence-electron chi connectivity index (χ4n) is 2.12. The van der Waals surface area contributed by atoms with Crippen molar-refractivity contribution in [3.8, 4) is 0 Å². The van der Waals surface area contributed by atoms with Crippen LogP contribution in [0.25, 0.3) is 0 Å². The molecule has 1 heterocycles. The summed E-state index contributed by atoms with van der Waals surface area (Å²) in [4.78, 5) is 2.38. The first-order valence-corrected chi connectivity index (χ1v) is 5.86. The molecule has 1 unspecified atom stereocenters. The second-order valence-electron chi connectivity index (χ2n) is 4.38. The van der Waals surface area contributed by atoms with Crippen LogP contribution in [-0.4, -0.2) is 42.3 Å². The minimum absolute atomic E-state index is 0.138. The first-order valence-electron chi connectivity index (χ1n) is 5.86. The second-order valence-corrected chi connectivity index (χ2v) is 4.38. The Labute approximate surface area is 87.3 Å². The number of piperidine rings is 1. The monoisotopic (exact) mass is 200 g/mol. The van der Waals surface area contributed by atoms with Crippen LogP contribution in [-0.2, 0) is 0 Å². The Balaban J connectivity index is 2.15. The second kappa shape index (κ2) is 6.38. The Hall–Kier alpha value is -0.120. The number of hydrogen-bond acceptors (Lipinski definition) is 3. The van der Waals surface area contributed by atoms with Crippen LogP contribution in [0, 0.1) is 5.92 Å². The van der Waals surface area contributed by atoms with Gasteiger partial charge in [0.05, 0.1) is 6.10 Å². The van der Waals surface area contributed by atoms with E-state index in [1.54, 1.807) is 0 Å². The van der Waals surface area contributed by atoms with E-state index in [1.807, 2.05) is 6.92 Å². The van der Waals surface area contributed by atoms with Crippen LogP contribution in [0.4, 0.5) is 0 Å². The molecule has 1 saturated heterocycles. The van der Waals surface area contributed by atoms with Gasteiger partial charge in [-0.2, -0.15) is 0 Å². The predicted octanol–water partition coefficient (Wildman–Crippen LogP) is 0.818. The number of rotatable bonds is 5. The van der Waals surface area contributed by atoms with Crippen molar-refractivity contribution in [1.29, 1.82) is 0 Å². The van der Waals surface area contributed by atoms with Crippen molar-refractivity contribution >= 4 is 0 Å². The van der Waals surface area contributed by atoms with Gasteiger partial charge in [0, 0.05) is 6.54 Å². The van der Waals surface area contributed by atoms with Crippen LogP contribution in [0.1, 0.15) is 32.6 Å². The molecule has 1 aliphatic heterocycles. The van der Waals surface area contributed by atoms with E-state index in [0.29, 0.717) is 0 Å². The average molecular weight is 200 g/mol. The third-order valence-corrected chi connectivity index (χ3v) is 3.22. The molecular weight excluding hydrogens is 176 g/mol. The maximum atomic E-state index is 9.52. The lowest BCUT2D eigenvalue weighted by Crippen LogP contribution is -2.39. The summed E-state index contributed by atoms with van der Waals surface area (Å²) in [5, 5.41) is 9.52. The van der Waals surface area contributed by atoms with Gasteiger partial charge in [-0.25, -0.2) is 0 Å². The highest BCUT2D eigenvalue weighted by molar-refractivity contribution is 4.74. The SMILES string of the molecule is CCC(O)CN1CCC(CCN)CC1. The maximum Gasteiger partial charge on any atom is 0.0664 e. The van der Waals surface area contributed by atoms with Gasteiger partial charge in [0.2, 0.25) is 0 Å². The molecule has 1 fully saturated rings. The van der Waals surface area contributed by atoms with Crippen molar-refractivity contribution in [2.75, 3.05) is 26.2 Å². The van der Waals surface area contributed by atoms with Crippen molar-refractivity contribution in [2.24, 2.45) is 11.7 Å². The number of hydrogen-bond donors (Lipinski definition) is 2. The average Bonchev–Trinajstić information content (AvgIpc) is 2.21. The van der Waals surface area contributed by atoms with E-state index in [2.05, 4.69) is 4.90 Å². The van der Waals surface area contributed by atoms with Gasteiger partial charge in [0.25, 0.3) is 0 Å². The normalized spacial score (nSPS) is 22.5. The standard InChI is InChI=1S/C11H24N2O/c1-2-11(14)9-13-7-4-10(3-6-12)5-8-13/h10-11,14H,2-9,12H2,1H3. The molecule has 3 N–H and O–H groups in total. The van der Waals surface area contributed by atoms with Crippen molar-refractivity contribution in [1.82, 2.24) is 4.90 Å². The molecule has 0 radical (unpaired) electrons. The highest BCUT2D eigenvalue weighted by Crippen LogP contribution is 2.19. The highest BCUT2D eigenvalue weighted by Gasteiger charge is 2.19. The molecule has 0 bridgehead atoms. The zero-order valence-electron chi connectivity index (χ0n) is 9.28. The molecule has 0 aliphatic carbocycles. The molecule has 0 amide bonds. The number of aliphatic hydroxyl groups excluding tert-OH is 1. The van der Waals surface area contributed by atoms with E-state index < -0.39 is 0 Å². The topological polar surface area (TPSA) is 49.5 Å². The molecule has 3 heteroatoms. The number of nitrogens with zero attached hydrogens (tertiary/aromatic N) is 1. The molecule has 0 aromatic carbocycles. The van der Waals surface area contributed by atoms with E-state index in [1.165, 1.54) is 19.3 Å². The minimum Gasteiger partial charge on any atom is -0.392 e. The van der Waals surface area contributed by atoms with E-state index in [9.17, 15) is 5.11 Å². The summed E-state index contributed by atoms with van der Waals surface area (Å²) in [6.07, 6.45) is 4.41. The highest BCUT2D eigenvalue weighted by atomic mass is 16.3. The number of nitrogens with two attached hydrogens (primary N) is 1. The lowest BCUT2D eigenvalue weighted by atomic mass is 9.93. The first-order chi connectivity index (χ1) is 6.76. The van der Waals surface area contributed by atoms with Crippen LogP contribution < -0.4 is 5.73 Å². The summed E-state index contributed by atoms with van der Waals surface area (Å²) in [5.74, 6) is 0.829. The molecule has 14 heavy (non-hydrogen) atoms. The van der Waals surface area contributed by atoms with Gasteiger partial charge < -0.3 is 15.7 Å². The summed E-state index contributed by atoms with van der Waals surface area (Å²) < 4.78 is 0. The van der Waals surface area contributed by atoms with E-state index in [-0.39, 0.29) is 6.10 Å². The molecule has 1 atom stereocenters. The van der Waals surface area contributed by atoms with Gasteiger partial charge in [0.1, 0.15) is 0 Å². The zero-order chi connectivity index (χ0) is 10.4. The number of β-amino-alcohol motifs (C(OH)–C–C–N with tert-alkyl or cyclic N) is 1. The maximum absolute atomic E-state index is 9.52. The molecule has 0 aromatic heterocycles. The van der Waals surface area contributed by atoms with Crippen LogP contribution in [0.5, 0.6) is 0 Å². The van der Waals surface area contributed by atoms with Crippen molar-refractivity contribution in [2.45, 2.75) is 38.7 Å². The lowest BCUT2D eigenvalue weighted by molar-refractivity contribution is 0.0860. The van der Waals surface area contributed by atoms with Crippen molar-refractivity contribution in [3.05, 3.63) is 0 Å². The van der Waals surface area contributed by atoms with Gasteiger partial charge in [-0.3, -0.25) is 0 Å². The van der Waals surface area contributed by atoms with Crippen LogP contribution in [0.2, 0.25) is 0 Å². The Morgan fingerprint density at radius 1 is 1.43 bits per heavy atom. The summed E-state index contributed by atoms with van der Waals surface area (Å²) >= 11 is 0. The molecule has 1 rings (SSSR count). The molecular formula is C11H24N2O. The number of aliphatic hydroxyl groups is 1. The fraction of sp³-hybridized carbons (Fsp3) is 1.00. The van der Waals surface area contributed by atoms with E-state index in [4.69, 9.17) is 5.73 Å². The first kappa shape index (κ1) is 12.0. The van der Waals surface area contributed by atoms with E-state index in [0.717, 1.165) is 38.5 Å². The van der Waals surface area contributed by atoms with Crippen LogP contribution in [0.3, 0.4) is 0 Å². The Kier molecular flexibility index (Phi) is 5.45. The largest absolute Gasteiger partial charge is 0.392 e. The predicted molar refractivity (Wildman–Crippen MR) is 59.1 cm³/mol. The molecule has 84 valence electrons. The third-order valence-electron chi connectivity index (χ3n) is 3.22. The molecule has 1 aliphatic rings. The zero-order valence-corrected chi connectivity index (χ0v) is 9.28. The third kappa shape index (κ3) is 3.95. The van der Waals surface area contributed by atoms with Crippen molar-refractivity contribution < 1.29 is 5.11 Å². The van der Waals surface area contributed by atoms with Crippen molar-refractivity contribution in [3.63, 3.8) is 0 Å². The van der Waals surface area contributed by atoms with Crippen LogP contribution >= 0.6 is 0 Å². The van der Waals surface area contributed by atoms with Gasteiger partial charge in [-0.1, -0.05) is 6.92 Å². The van der Waals surface area contributed by atoms with Gasteiger partial charge >= 0.3 is 0 Å². The smallest absolute Gasteiger partial charge is 0.0664 e. The Morgan fingerprint density at radius 3 is 2.57 bits per heavy atom. The summed E-state index contributed by atoms with van der Waals surface area (Å²) in [7, 11) is 0. The van der Waals surface area contributed by atoms with Gasteiger partial charge in [0.15, 0.2) is 0 Å². The lowest BCUT2D eigenvalue weighted by Gasteiger charge is -2.32. The quantitative estimate of drug-likeness (QED) is 0.691. The minimum atomic E-state index is -0.138. The number of likely N-dealkylation sites (tertiary alicyclic amines) is 1. The molecule has 0 saturated carbocycles. The summed E-state index contributed by atoms with van der Waals surface area (Å²) in [6, 6.07) is 0. The van der Waals surface area contributed by atoms with Gasteiger partial charge in [-0.05, 0) is 51.2 Å². The van der Waals surface area contributed by atoms with Gasteiger partial charge in [-0.15, -0.1) is 0 Å². The Morgan fingerprint density at radius 2 is 2.07 bits per heavy atom. The van der Waals surface area contributed by atoms with E-state index >= 15 is 0 Å². The van der Waals surface area contributed by atoms with Crippen LogP contribution in [0.15, 0.2) is 0 Å². The molecule has 0 spiro atoms. The summed E-state index contributed by atoms with van der Waals surface area (Å²) in [5.41, 5.74) is 5.54. The fourth-order valence-corrected chi connectivity index (χ4v) is 2.12.